The second-order valence-corrected chi connectivity index (χ2v) is 5.42. The molecular weight excluding hydrogens is 230 g/mol. The molecule has 100 valence electrons. The fourth-order valence-corrected chi connectivity index (χ4v) is 1.76. The van der Waals surface area contributed by atoms with Crippen molar-refractivity contribution in [3.63, 3.8) is 0 Å². The summed E-state index contributed by atoms with van der Waals surface area (Å²) in [6.07, 6.45) is 0.123. The van der Waals surface area contributed by atoms with Gasteiger partial charge in [-0.15, -0.1) is 0 Å². The van der Waals surface area contributed by atoms with Crippen LogP contribution in [-0.2, 0) is 4.74 Å². The van der Waals surface area contributed by atoms with E-state index in [0.29, 0.717) is 12.8 Å². The van der Waals surface area contributed by atoms with Gasteiger partial charge in [-0.2, -0.15) is 0 Å². The Morgan fingerprint density at radius 1 is 1.41 bits per heavy atom. The van der Waals surface area contributed by atoms with Crippen molar-refractivity contribution in [1.29, 1.82) is 0 Å². The zero-order valence-electron chi connectivity index (χ0n) is 10.5. The molecular formula is C11H20F2N2O2. The van der Waals surface area contributed by atoms with Crippen LogP contribution >= 0.6 is 0 Å². The molecule has 0 aliphatic heterocycles. The van der Waals surface area contributed by atoms with E-state index in [1.165, 1.54) is 0 Å². The Hall–Kier alpha value is -0.910. The third-order valence-corrected chi connectivity index (χ3v) is 2.42. The topological polar surface area (TPSA) is 50.4 Å². The molecule has 0 aromatic rings. The molecule has 4 nitrogen and oxygen atoms in total. The van der Waals surface area contributed by atoms with Gasteiger partial charge in [0.25, 0.3) is 0 Å². The van der Waals surface area contributed by atoms with Gasteiger partial charge in [-0.05, 0) is 33.6 Å². The van der Waals surface area contributed by atoms with Crippen molar-refractivity contribution in [2.24, 2.45) is 0 Å². The van der Waals surface area contributed by atoms with E-state index < -0.39 is 23.7 Å². The van der Waals surface area contributed by atoms with E-state index in [9.17, 15) is 13.6 Å². The Morgan fingerprint density at radius 3 is 2.59 bits per heavy atom. The van der Waals surface area contributed by atoms with Gasteiger partial charge in [0, 0.05) is 18.9 Å². The Kier molecular flexibility index (Phi) is 4.30. The summed E-state index contributed by atoms with van der Waals surface area (Å²) in [6, 6.07) is -0.397. The zero-order valence-corrected chi connectivity index (χ0v) is 10.5. The van der Waals surface area contributed by atoms with Crippen molar-refractivity contribution in [2.75, 3.05) is 0 Å². The predicted molar refractivity (Wildman–Crippen MR) is 59.7 cm³/mol. The van der Waals surface area contributed by atoms with Gasteiger partial charge >= 0.3 is 6.09 Å². The highest BCUT2D eigenvalue weighted by Gasteiger charge is 2.36. The maximum Gasteiger partial charge on any atom is 0.422 e. The van der Waals surface area contributed by atoms with Crippen LogP contribution in [0, 0.1) is 0 Å². The summed E-state index contributed by atoms with van der Waals surface area (Å²) in [6.45, 7) is 5.21. The van der Waals surface area contributed by atoms with E-state index in [1.54, 1.807) is 20.8 Å². The van der Waals surface area contributed by atoms with E-state index in [1.807, 2.05) is 0 Å². The quantitative estimate of drug-likeness (QED) is 0.741. The smallest absolute Gasteiger partial charge is 0.422 e. The lowest BCUT2D eigenvalue weighted by Crippen LogP contribution is -2.49. The molecule has 17 heavy (non-hydrogen) atoms. The zero-order chi connectivity index (χ0) is 13.1. The molecule has 1 atom stereocenters. The van der Waals surface area contributed by atoms with Gasteiger partial charge < -0.3 is 4.74 Å². The highest BCUT2D eigenvalue weighted by Crippen LogP contribution is 2.32. The minimum Gasteiger partial charge on any atom is -0.443 e. The fourth-order valence-electron chi connectivity index (χ4n) is 1.76. The molecule has 0 spiro atoms. The van der Waals surface area contributed by atoms with Crippen LogP contribution in [-0.4, -0.2) is 23.7 Å². The molecule has 0 heterocycles. The van der Waals surface area contributed by atoms with E-state index >= 15 is 0 Å². The van der Waals surface area contributed by atoms with E-state index in [4.69, 9.17) is 4.74 Å². The predicted octanol–water partition coefficient (Wildman–Crippen LogP) is 2.59. The molecule has 0 bridgehead atoms. The van der Waals surface area contributed by atoms with Crippen molar-refractivity contribution in [3.8, 4) is 0 Å². The minimum absolute atomic E-state index is 0.0718. The van der Waals surface area contributed by atoms with Crippen molar-refractivity contribution < 1.29 is 18.3 Å². The van der Waals surface area contributed by atoms with Gasteiger partial charge in [0.15, 0.2) is 0 Å². The first-order valence-corrected chi connectivity index (χ1v) is 5.80. The van der Waals surface area contributed by atoms with E-state index in [2.05, 4.69) is 10.9 Å². The lowest BCUT2D eigenvalue weighted by atomic mass is 9.93. The Labute approximate surface area is 100 Å². The summed E-state index contributed by atoms with van der Waals surface area (Å²) in [7, 11) is 0. The number of carbonyl (C=O) groups excluding carboxylic acids is 1. The van der Waals surface area contributed by atoms with Crippen molar-refractivity contribution in [3.05, 3.63) is 0 Å². The average Bonchev–Trinajstić information content (AvgIpc) is 2.10. The monoisotopic (exact) mass is 250 g/mol. The van der Waals surface area contributed by atoms with Crippen LogP contribution in [0.2, 0.25) is 0 Å². The first-order chi connectivity index (χ1) is 7.68. The number of hydrogen-bond donors (Lipinski definition) is 2. The summed E-state index contributed by atoms with van der Waals surface area (Å²) in [4.78, 5) is 11.3. The lowest BCUT2D eigenvalue weighted by Gasteiger charge is -2.29. The molecule has 1 saturated carbocycles. The number of halogens is 2. The highest BCUT2D eigenvalue weighted by atomic mass is 19.3. The van der Waals surface area contributed by atoms with Crippen molar-refractivity contribution in [2.45, 2.75) is 64.0 Å². The van der Waals surface area contributed by atoms with Gasteiger partial charge in [-0.3, -0.25) is 5.43 Å². The standard InChI is InChI=1S/C11H20F2N2O2/c1-10(2,3)17-9(16)15-14-8-5-4-6-11(12,13)7-8/h8,14H,4-7H2,1-3H3,(H,15,16). The molecule has 1 aliphatic carbocycles. The fraction of sp³-hybridized carbons (Fsp3) is 0.909. The van der Waals surface area contributed by atoms with Gasteiger partial charge in [-0.1, -0.05) is 0 Å². The third kappa shape index (κ3) is 5.81. The number of rotatable bonds is 2. The summed E-state index contributed by atoms with van der Waals surface area (Å²) in [5.41, 5.74) is 4.30. The number of ether oxygens (including phenoxy) is 1. The molecule has 0 aromatic carbocycles. The maximum atomic E-state index is 13.1. The summed E-state index contributed by atoms with van der Waals surface area (Å²) in [5, 5.41) is 0. The largest absolute Gasteiger partial charge is 0.443 e. The number of hydrogen-bond acceptors (Lipinski definition) is 3. The first-order valence-electron chi connectivity index (χ1n) is 5.80. The second-order valence-electron chi connectivity index (χ2n) is 5.42. The first kappa shape index (κ1) is 14.2. The summed E-state index contributed by atoms with van der Waals surface area (Å²) in [5.74, 6) is -2.63. The molecule has 0 saturated heterocycles. The second kappa shape index (κ2) is 5.16. The van der Waals surface area contributed by atoms with Crippen LogP contribution in [0.4, 0.5) is 13.6 Å². The van der Waals surface area contributed by atoms with E-state index in [-0.39, 0.29) is 12.8 Å². The molecule has 1 amide bonds. The van der Waals surface area contributed by atoms with Crippen LogP contribution in [0.25, 0.3) is 0 Å². The van der Waals surface area contributed by atoms with Gasteiger partial charge in [0.05, 0.1) is 0 Å². The molecule has 1 rings (SSSR count). The number of hydrazine groups is 1. The number of alkyl halides is 2. The van der Waals surface area contributed by atoms with Gasteiger partial charge in [0.2, 0.25) is 5.92 Å². The van der Waals surface area contributed by atoms with Crippen LogP contribution in [0.3, 0.4) is 0 Å². The lowest BCUT2D eigenvalue weighted by molar-refractivity contribution is -0.0463. The summed E-state index contributed by atoms with van der Waals surface area (Å²) < 4.78 is 31.1. The molecule has 2 N–H and O–H groups in total. The molecule has 6 heteroatoms. The normalized spacial score (nSPS) is 24.2. The van der Waals surface area contributed by atoms with Crippen molar-refractivity contribution >= 4 is 6.09 Å². The van der Waals surface area contributed by atoms with E-state index in [0.717, 1.165) is 0 Å². The molecule has 0 radical (unpaired) electrons. The SMILES string of the molecule is CC(C)(C)OC(=O)NNC1CCCC(F)(F)C1. The number of amides is 1. The summed E-state index contributed by atoms with van der Waals surface area (Å²) >= 11 is 0. The molecule has 1 fully saturated rings. The minimum atomic E-state index is -2.63. The Bertz CT molecular complexity index is 277. The maximum absolute atomic E-state index is 13.1. The van der Waals surface area contributed by atoms with Crippen LogP contribution < -0.4 is 10.9 Å². The number of carbonyl (C=O) groups is 1. The van der Waals surface area contributed by atoms with Gasteiger partial charge in [0.1, 0.15) is 5.60 Å². The average molecular weight is 250 g/mol. The number of nitrogens with one attached hydrogen (secondary N) is 2. The molecule has 1 aliphatic rings. The highest BCUT2D eigenvalue weighted by molar-refractivity contribution is 5.67. The molecule has 1 unspecified atom stereocenters. The van der Waals surface area contributed by atoms with Crippen LogP contribution in [0.5, 0.6) is 0 Å². The van der Waals surface area contributed by atoms with Gasteiger partial charge in [-0.25, -0.2) is 19.0 Å². The third-order valence-electron chi connectivity index (χ3n) is 2.42. The van der Waals surface area contributed by atoms with Crippen LogP contribution in [0.15, 0.2) is 0 Å². The Morgan fingerprint density at radius 2 is 2.06 bits per heavy atom. The van der Waals surface area contributed by atoms with Crippen molar-refractivity contribution in [1.82, 2.24) is 10.9 Å². The Balaban J connectivity index is 2.29. The van der Waals surface area contributed by atoms with Crippen LogP contribution in [0.1, 0.15) is 46.5 Å². The molecule has 0 aromatic heterocycles.